The van der Waals surface area contributed by atoms with E-state index < -0.39 is 0 Å². The number of hydrogen-bond acceptors (Lipinski definition) is 4. The molecule has 24 heavy (non-hydrogen) atoms. The molecular formula is C19H15ClO4. The first-order valence-electron chi connectivity index (χ1n) is 7.24. The van der Waals surface area contributed by atoms with Gasteiger partial charge in [0.1, 0.15) is 5.76 Å². The second-order valence-electron chi connectivity index (χ2n) is 5.07. The maximum absolute atomic E-state index is 13.0. The molecule has 1 aromatic heterocycles. The van der Waals surface area contributed by atoms with Crippen LogP contribution in [-0.2, 0) is 0 Å². The Labute approximate surface area is 144 Å². The average molecular weight is 343 g/mol. The largest absolute Gasteiger partial charge is 0.493 e. The van der Waals surface area contributed by atoms with E-state index in [1.165, 1.54) is 7.11 Å². The van der Waals surface area contributed by atoms with Gasteiger partial charge in [0.25, 0.3) is 0 Å². The number of carbonyl (C=O) groups excluding carboxylic acids is 1. The Kier molecular flexibility index (Phi) is 4.58. The zero-order valence-electron chi connectivity index (χ0n) is 13.2. The van der Waals surface area contributed by atoms with Crippen molar-refractivity contribution in [2.24, 2.45) is 0 Å². The topological polar surface area (TPSA) is 48.7 Å². The first-order valence-corrected chi connectivity index (χ1v) is 7.62. The van der Waals surface area contributed by atoms with Gasteiger partial charge in [-0.15, -0.1) is 0 Å². The van der Waals surface area contributed by atoms with E-state index >= 15 is 0 Å². The van der Waals surface area contributed by atoms with Crippen LogP contribution < -0.4 is 9.47 Å². The van der Waals surface area contributed by atoms with Crippen molar-refractivity contribution in [2.75, 3.05) is 14.2 Å². The number of benzene rings is 2. The highest BCUT2D eigenvalue weighted by Crippen LogP contribution is 2.37. The minimum Gasteiger partial charge on any atom is -0.493 e. The van der Waals surface area contributed by atoms with E-state index in [1.807, 2.05) is 0 Å². The highest BCUT2D eigenvalue weighted by molar-refractivity contribution is 6.30. The molecule has 0 aliphatic rings. The Morgan fingerprint density at radius 2 is 1.67 bits per heavy atom. The molecule has 0 radical (unpaired) electrons. The van der Waals surface area contributed by atoms with Crippen LogP contribution in [0.1, 0.15) is 15.9 Å². The number of ketones is 1. The molecule has 5 heteroatoms. The molecule has 0 bridgehead atoms. The van der Waals surface area contributed by atoms with Crippen LogP contribution in [0.25, 0.3) is 11.3 Å². The zero-order valence-corrected chi connectivity index (χ0v) is 14.0. The smallest absolute Gasteiger partial charge is 0.193 e. The quantitative estimate of drug-likeness (QED) is 0.622. The first-order chi connectivity index (χ1) is 11.6. The van der Waals surface area contributed by atoms with E-state index in [0.29, 0.717) is 39.0 Å². The summed E-state index contributed by atoms with van der Waals surface area (Å²) in [5, 5.41) is 0.574. The van der Waals surface area contributed by atoms with Crippen molar-refractivity contribution in [3.8, 4) is 22.8 Å². The summed E-state index contributed by atoms with van der Waals surface area (Å²) in [7, 11) is 3.07. The third-order valence-corrected chi connectivity index (χ3v) is 3.91. The van der Waals surface area contributed by atoms with Crippen LogP contribution >= 0.6 is 11.6 Å². The molecule has 122 valence electrons. The van der Waals surface area contributed by atoms with E-state index in [0.717, 1.165) is 0 Å². The second-order valence-corrected chi connectivity index (χ2v) is 5.50. The number of methoxy groups -OCH3 is 2. The van der Waals surface area contributed by atoms with Crippen LogP contribution in [0, 0.1) is 0 Å². The summed E-state index contributed by atoms with van der Waals surface area (Å²) in [6.45, 7) is 0. The lowest BCUT2D eigenvalue weighted by atomic mass is 9.96. The van der Waals surface area contributed by atoms with Crippen molar-refractivity contribution in [1.82, 2.24) is 0 Å². The van der Waals surface area contributed by atoms with Gasteiger partial charge in [0, 0.05) is 21.7 Å². The zero-order chi connectivity index (χ0) is 17.1. The predicted molar refractivity (Wildman–Crippen MR) is 92.1 cm³/mol. The Bertz CT molecular complexity index is 852. The van der Waals surface area contributed by atoms with Crippen LogP contribution in [0.5, 0.6) is 11.5 Å². The molecule has 4 nitrogen and oxygen atoms in total. The van der Waals surface area contributed by atoms with E-state index in [9.17, 15) is 4.79 Å². The van der Waals surface area contributed by atoms with Crippen LogP contribution in [0.15, 0.2) is 59.2 Å². The maximum Gasteiger partial charge on any atom is 0.193 e. The Balaban J connectivity index is 2.17. The van der Waals surface area contributed by atoms with Crippen LogP contribution in [-0.4, -0.2) is 20.0 Å². The summed E-state index contributed by atoms with van der Waals surface area (Å²) in [5.41, 5.74) is 1.63. The molecule has 1 heterocycles. The summed E-state index contributed by atoms with van der Waals surface area (Å²) in [6, 6.07) is 13.7. The van der Waals surface area contributed by atoms with Crippen LogP contribution in [0.2, 0.25) is 5.02 Å². The molecule has 2 aromatic carbocycles. The van der Waals surface area contributed by atoms with Gasteiger partial charge in [0.2, 0.25) is 0 Å². The molecule has 0 aliphatic heterocycles. The lowest BCUT2D eigenvalue weighted by Gasteiger charge is -2.13. The fourth-order valence-electron chi connectivity index (χ4n) is 2.46. The van der Waals surface area contributed by atoms with Crippen molar-refractivity contribution in [3.63, 3.8) is 0 Å². The molecule has 3 rings (SSSR count). The number of carbonyl (C=O) groups is 1. The van der Waals surface area contributed by atoms with Crippen LogP contribution in [0.3, 0.4) is 0 Å². The summed E-state index contributed by atoms with van der Waals surface area (Å²) < 4.78 is 16.1. The lowest BCUT2D eigenvalue weighted by Crippen LogP contribution is -2.05. The summed E-state index contributed by atoms with van der Waals surface area (Å²) in [4.78, 5) is 13.0. The third-order valence-electron chi connectivity index (χ3n) is 3.66. The molecule has 3 aromatic rings. The second kappa shape index (κ2) is 6.81. The number of furan rings is 1. The number of halogens is 1. The van der Waals surface area contributed by atoms with Gasteiger partial charge in [-0.1, -0.05) is 11.6 Å². The van der Waals surface area contributed by atoms with Crippen molar-refractivity contribution >= 4 is 17.4 Å². The van der Waals surface area contributed by atoms with Gasteiger partial charge in [0.15, 0.2) is 17.3 Å². The highest BCUT2D eigenvalue weighted by Gasteiger charge is 2.20. The molecule has 0 unspecified atom stereocenters. The maximum atomic E-state index is 13.0. The van der Waals surface area contributed by atoms with E-state index in [4.69, 9.17) is 25.5 Å². The molecule has 0 aliphatic carbocycles. The van der Waals surface area contributed by atoms with Gasteiger partial charge in [-0.05, 0) is 48.5 Å². The monoisotopic (exact) mass is 342 g/mol. The Morgan fingerprint density at radius 3 is 2.25 bits per heavy atom. The number of rotatable bonds is 5. The molecular weight excluding hydrogens is 328 g/mol. The summed E-state index contributed by atoms with van der Waals surface area (Å²) >= 11 is 5.90. The van der Waals surface area contributed by atoms with Crippen molar-refractivity contribution in [1.29, 1.82) is 0 Å². The SMILES string of the molecule is COc1cc(C(=O)c2ccc(Cl)cc2)c(-c2ccco2)cc1OC. The Morgan fingerprint density at radius 1 is 1.00 bits per heavy atom. The van der Waals surface area contributed by atoms with Crippen molar-refractivity contribution < 1.29 is 18.7 Å². The van der Waals surface area contributed by atoms with E-state index in [2.05, 4.69) is 0 Å². The van der Waals surface area contributed by atoms with E-state index in [1.54, 1.807) is 61.9 Å². The normalized spacial score (nSPS) is 10.5. The molecule has 0 fully saturated rings. The van der Waals surface area contributed by atoms with Gasteiger partial charge in [-0.2, -0.15) is 0 Å². The van der Waals surface area contributed by atoms with Gasteiger partial charge < -0.3 is 13.9 Å². The first kappa shape index (κ1) is 16.1. The minimum absolute atomic E-state index is 0.154. The minimum atomic E-state index is -0.154. The highest BCUT2D eigenvalue weighted by atomic mass is 35.5. The predicted octanol–water partition coefficient (Wildman–Crippen LogP) is 4.85. The number of ether oxygens (including phenoxy) is 2. The molecule has 0 atom stereocenters. The Hall–Kier alpha value is -2.72. The summed E-state index contributed by atoms with van der Waals surface area (Å²) in [5.74, 6) is 1.42. The molecule has 0 N–H and O–H groups in total. The average Bonchev–Trinajstić information content (AvgIpc) is 3.15. The van der Waals surface area contributed by atoms with Gasteiger partial charge in [0.05, 0.1) is 20.5 Å². The third kappa shape index (κ3) is 3.01. The molecule has 0 saturated carbocycles. The molecule has 0 amide bonds. The molecule has 0 spiro atoms. The van der Waals surface area contributed by atoms with Gasteiger partial charge >= 0.3 is 0 Å². The van der Waals surface area contributed by atoms with Gasteiger partial charge in [-0.3, -0.25) is 4.79 Å². The fourth-order valence-corrected chi connectivity index (χ4v) is 2.59. The van der Waals surface area contributed by atoms with E-state index in [-0.39, 0.29) is 5.78 Å². The van der Waals surface area contributed by atoms with Crippen molar-refractivity contribution in [3.05, 3.63) is 70.9 Å². The summed E-state index contributed by atoms with van der Waals surface area (Å²) in [6.07, 6.45) is 1.56. The molecule has 0 saturated heterocycles. The standard InChI is InChI=1S/C19H15ClO4/c1-22-17-10-14(16-4-3-9-24-16)15(11-18(17)23-2)19(21)12-5-7-13(20)8-6-12/h3-11H,1-2H3. The van der Waals surface area contributed by atoms with Crippen LogP contribution in [0.4, 0.5) is 0 Å². The van der Waals surface area contributed by atoms with Gasteiger partial charge in [-0.25, -0.2) is 0 Å². The fraction of sp³-hybridized carbons (Fsp3) is 0.105. The van der Waals surface area contributed by atoms with Crippen molar-refractivity contribution in [2.45, 2.75) is 0 Å². The number of hydrogen-bond donors (Lipinski definition) is 0. The lowest BCUT2D eigenvalue weighted by molar-refractivity contribution is 0.103.